The van der Waals surface area contributed by atoms with Crippen LogP contribution in [-0.4, -0.2) is 9.96 Å². The molecular formula is C9H13FN2OS. The molecule has 1 aromatic rings. The molecule has 0 aliphatic carbocycles. The van der Waals surface area contributed by atoms with Crippen molar-refractivity contribution < 1.29 is 8.60 Å². The van der Waals surface area contributed by atoms with Crippen LogP contribution in [0.5, 0.6) is 0 Å². The zero-order valence-corrected chi connectivity index (χ0v) is 8.73. The van der Waals surface area contributed by atoms with Crippen molar-refractivity contribution in [3.8, 4) is 0 Å². The Morgan fingerprint density at radius 1 is 1.57 bits per heavy atom. The fourth-order valence-corrected chi connectivity index (χ4v) is 1.85. The Kier molecular flexibility index (Phi) is 3.88. The van der Waals surface area contributed by atoms with Crippen LogP contribution in [0.2, 0.25) is 0 Å². The van der Waals surface area contributed by atoms with E-state index in [2.05, 4.69) is 4.72 Å². The number of nitrogens with two attached hydrogens (primary N) is 1. The topological polar surface area (TPSA) is 55.1 Å². The zero-order valence-electron chi connectivity index (χ0n) is 7.92. The number of nitrogens with one attached hydrogen (secondary N) is 1. The molecule has 0 aliphatic heterocycles. The quantitative estimate of drug-likeness (QED) is 0.755. The monoisotopic (exact) mass is 216 g/mol. The largest absolute Gasteiger partial charge is 0.399 e. The summed E-state index contributed by atoms with van der Waals surface area (Å²) in [7, 11) is -1.24. The second kappa shape index (κ2) is 4.95. The molecule has 0 heterocycles. The van der Waals surface area contributed by atoms with Gasteiger partial charge in [-0.2, -0.15) is 0 Å². The summed E-state index contributed by atoms with van der Waals surface area (Å²) in [5.74, 6) is 0.0532. The number of hydrogen-bond donors (Lipinski definition) is 2. The third kappa shape index (κ3) is 2.99. The van der Waals surface area contributed by atoms with E-state index in [1.54, 1.807) is 0 Å². The first-order valence-corrected chi connectivity index (χ1v) is 5.65. The van der Waals surface area contributed by atoms with Gasteiger partial charge in [-0.3, -0.25) is 0 Å². The van der Waals surface area contributed by atoms with Crippen molar-refractivity contribution in [3.63, 3.8) is 0 Å². The number of benzene rings is 1. The lowest BCUT2D eigenvalue weighted by Crippen LogP contribution is -2.09. The standard InChI is InChI=1S/C9H13FN2OS/c1-2-5-14(13)12-9-6-7(11)3-4-8(9)10/h3-4,6,12H,2,5,11H2,1H3. The Bertz CT molecular complexity index is 344. The molecule has 1 atom stereocenters. The van der Waals surface area contributed by atoms with E-state index in [9.17, 15) is 8.60 Å². The van der Waals surface area contributed by atoms with E-state index in [-0.39, 0.29) is 5.69 Å². The molecule has 1 aromatic carbocycles. The number of hydrogen-bond acceptors (Lipinski definition) is 2. The summed E-state index contributed by atoms with van der Waals surface area (Å²) in [6.45, 7) is 1.91. The molecule has 14 heavy (non-hydrogen) atoms. The van der Waals surface area contributed by atoms with E-state index in [0.717, 1.165) is 6.42 Å². The maximum atomic E-state index is 13.1. The van der Waals surface area contributed by atoms with E-state index in [0.29, 0.717) is 11.4 Å². The minimum atomic E-state index is -1.24. The Morgan fingerprint density at radius 2 is 2.29 bits per heavy atom. The van der Waals surface area contributed by atoms with E-state index >= 15 is 0 Å². The smallest absolute Gasteiger partial charge is 0.147 e. The Morgan fingerprint density at radius 3 is 2.93 bits per heavy atom. The van der Waals surface area contributed by atoms with Gasteiger partial charge in [0.05, 0.1) is 5.69 Å². The molecule has 3 N–H and O–H groups in total. The molecule has 0 aromatic heterocycles. The molecule has 5 heteroatoms. The molecule has 0 bridgehead atoms. The third-order valence-corrected chi connectivity index (χ3v) is 2.83. The van der Waals surface area contributed by atoms with Crippen molar-refractivity contribution in [2.24, 2.45) is 0 Å². The normalized spacial score (nSPS) is 12.4. The molecule has 0 radical (unpaired) electrons. The lowest BCUT2D eigenvalue weighted by atomic mass is 10.3. The average Bonchev–Trinajstić information content (AvgIpc) is 2.12. The number of anilines is 2. The Labute approximate surface area is 85.1 Å². The Balaban J connectivity index is 2.75. The van der Waals surface area contributed by atoms with Gasteiger partial charge < -0.3 is 10.5 Å². The van der Waals surface area contributed by atoms with Gasteiger partial charge in [0.15, 0.2) is 0 Å². The highest BCUT2D eigenvalue weighted by atomic mass is 32.2. The van der Waals surface area contributed by atoms with Crippen LogP contribution in [0.1, 0.15) is 13.3 Å². The first-order valence-electron chi connectivity index (χ1n) is 4.33. The van der Waals surface area contributed by atoms with Gasteiger partial charge in [-0.1, -0.05) is 6.92 Å². The van der Waals surface area contributed by atoms with Gasteiger partial charge in [-0.15, -0.1) is 0 Å². The van der Waals surface area contributed by atoms with Crippen LogP contribution >= 0.6 is 0 Å². The van der Waals surface area contributed by atoms with Gasteiger partial charge in [0, 0.05) is 11.4 Å². The lowest BCUT2D eigenvalue weighted by molar-refractivity contribution is 0.632. The number of halogens is 1. The summed E-state index contributed by atoms with van der Waals surface area (Å²) >= 11 is 0. The Hall–Kier alpha value is -1.10. The van der Waals surface area contributed by atoms with E-state index in [1.807, 2.05) is 6.92 Å². The summed E-state index contributed by atoms with van der Waals surface area (Å²) in [5, 5.41) is 0. The van der Waals surface area contributed by atoms with Crippen LogP contribution in [0.15, 0.2) is 18.2 Å². The third-order valence-electron chi connectivity index (χ3n) is 1.60. The molecule has 0 spiro atoms. The van der Waals surface area contributed by atoms with Gasteiger partial charge in [-0.25, -0.2) is 8.60 Å². The highest BCUT2D eigenvalue weighted by Crippen LogP contribution is 2.17. The average molecular weight is 216 g/mol. The van der Waals surface area contributed by atoms with Crippen LogP contribution in [0.3, 0.4) is 0 Å². The molecule has 3 nitrogen and oxygen atoms in total. The number of nitrogen functional groups attached to an aromatic ring is 1. The van der Waals surface area contributed by atoms with Gasteiger partial charge >= 0.3 is 0 Å². The summed E-state index contributed by atoms with van der Waals surface area (Å²) < 4.78 is 27.0. The maximum absolute atomic E-state index is 13.1. The van der Waals surface area contributed by atoms with Gasteiger partial charge in [0.2, 0.25) is 0 Å². The first-order chi connectivity index (χ1) is 6.63. The molecule has 1 rings (SSSR count). The second-order valence-electron chi connectivity index (χ2n) is 2.89. The van der Waals surface area contributed by atoms with Gasteiger partial charge in [0.25, 0.3) is 0 Å². The van der Waals surface area contributed by atoms with Crippen molar-refractivity contribution in [2.75, 3.05) is 16.2 Å². The predicted molar refractivity (Wildman–Crippen MR) is 57.7 cm³/mol. The second-order valence-corrected chi connectivity index (χ2v) is 4.19. The SMILES string of the molecule is CCCS(=O)Nc1cc(N)ccc1F. The zero-order chi connectivity index (χ0) is 10.6. The molecule has 0 fully saturated rings. The minimum Gasteiger partial charge on any atom is -0.399 e. The van der Waals surface area contributed by atoms with Gasteiger partial charge in [-0.05, 0) is 24.6 Å². The summed E-state index contributed by atoms with van der Waals surface area (Å²) in [5.41, 5.74) is 6.11. The number of rotatable bonds is 4. The molecule has 0 saturated heterocycles. The minimum absolute atomic E-state index is 0.191. The van der Waals surface area contributed by atoms with Crippen molar-refractivity contribution in [2.45, 2.75) is 13.3 Å². The van der Waals surface area contributed by atoms with Crippen molar-refractivity contribution in [1.82, 2.24) is 0 Å². The molecular weight excluding hydrogens is 203 g/mol. The summed E-state index contributed by atoms with van der Waals surface area (Å²) in [6, 6.07) is 4.15. The van der Waals surface area contributed by atoms with Crippen LogP contribution in [0, 0.1) is 5.82 Å². The van der Waals surface area contributed by atoms with Crippen molar-refractivity contribution in [3.05, 3.63) is 24.0 Å². The van der Waals surface area contributed by atoms with Crippen molar-refractivity contribution >= 4 is 22.4 Å². The highest BCUT2D eigenvalue weighted by Gasteiger charge is 2.04. The molecule has 0 saturated carbocycles. The van der Waals surface area contributed by atoms with Crippen molar-refractivity contribution in [1.29, 1.82) is 0 Å². The molecule has 1 unspecified atom stereocenters. The van der Waals surface area contributed by atoms with Crippen LogP contribution in [0.4, 0.5) is 15.8 Å². The fraction of sp³-hybridized carbons (Fsp3) is 0.333. The van der Waals surface area contributed by atoms with E-state index < -0.39 is 16.8 Å². The van der Waals surface area contributed by atoms with Crippen LogP contribution in [-0.2, 0) is 11.0 Å². The molecule has 78 valence electrons. The van der Waals surface area contributed by atoms with Gasteiger partial charge in [0.1, 0.15) is 16.8 Å². The van der Waals surface area contributed by atoms with Crippen LogP contribution in [0.25, 0.3) is 0 Å². The molecule has 0 aliphatic rings. The maximum Gasteiger partial charge on any atom is 0.147 e. The predicted octanol–water partition coefficient (Wildman–Crippen LogP) is 1.89. The van der Waals surface area contributed by atoms with E-state index in [1.165, 1.54) is 18.2 Å². The first kappa shape index (κ1) is 11.0. The lowest BCUT2D eigenvalue weighted by Gasteiger charge is -2.06. The highest BCUT2D eigenvalue weighted by molar-refractivity contribution is 7.86. The van der Waals surface area contributed by atoms with E-state index in [4.69, 9.17) is 5.73 Å². The summed E-state index contributed by atoms with van der Waals surface area (Å²) in [6.07, 6.45) is 0.781. The van der Waals surface area contributed by atoms with Crippen LogP contribution < -0.4 is 10.5 Å². The fourth-order valence-electron chi connectivity index (χ4n) is 0.980. The molecule has 0 amide bonds. The summed E-state index contributed by atoms with van der Waals surface area (Å²) in [4.78, 5) is 0.